The van der Waals surface area contributed by atoms with Gasteiger partial charge in [0.25, 0.3) is 0 Å². The predicted octanol–water partition coefficient (Wildman–Crippen LogP) is 1.88. The highest BCUT2D eigenvalue weighted by molar-refractivity contribution is 7.51. The van der Waals surface area contributed by atoms with Crippen molar-refractivity contribution < 1.29 is 28.9 Å². The van der Waals surface area contributed by atoms with Gasteiger partial charge in [0.1, 0.15) is 18.7 Å². The molecule has 166 valence electrons. The Hall–Kier alpha value is -1.33. The van der Waals surface area contributed by atoms with Gasteiger partial charge in [0, 0.05) is 12.0 Å². The number of aliphatic hydroxyl groups excluding tert-OH is 1. The van der Waals surface area contributed by atoms with Crippen LogP contribution in [0.4, 0.5) is 5.82 Å². The fraction of sp³-hybridized carbons (Fsp3) is 0.706. The molecular formula is C17H25ClN5O6P. The van der Waals surface area contributed by atoms with Gasteiger partial charge in [0.15, 0.2) is 17.0 Å². The molecule has 1 unspecified atom stereocenters. The van der Waals surface area contributed by atoms with E-state index in [4.69, 9.17) is 30.9 Å². The van der Waals surface area contributed by atoms with Crippen LogP contribution in [-0.4, -0.2) is 65.6 Å². The first kappa shape index (κ1) is 21.9. The molecule has 0 aromatic carbocycles. The third-order valence-electron chi connectivity index (χ3n) is 5.59. The summed E-state index contributed by atoms with van der Waals surface area (Å²) >= 11 is 6.16. The molecule has 4 atom stereocenters. The number of halogens is 1. The summed E-state index contributed by atoms with van der Waals surface area (Å²) in [6, 6.07) is 0.323. The number of nitrogens with one attached hydrogen (secondary N) is 1. The van der Waals surface area contributed by atoms with Crippen LogP contribution in [0.2, 0.25) is 5.28 Å². The molecule has 1 aliphatic carbocycles. The van der Waals surface area contributed by atoms with Crippen molar-refractivity contribution in [2.75, 3.05) is 18.3 Å². The molecule has 0 amide bonds. The Kier molecular flexibility index (Phi) is 6.32. The van der Waals surface area contributed by atoms with Crippen LogP contribution in [0.5, 0.6) is 0 Å². The lowest BCUT2D eigenvalue weighted by atomic mass is 10.0. The Morgan fingerprint density at radius 2 is 2.10 bits per heavy atom. The van der Waals surface area contributed by atoms with E-state index in [0.717, 1.165) is 12.8 Å². The monoisotopic (exact) mass is 461 g/mol. The summed E-state index contributed by atoms with van der Waals surface area (Å²) in [6.07, 6.45) is 3.08. The summed E-state index contributed by atoms with van der Waals surface area (Å²) in [5.41, 5.74) is 1.05. The molecule has 11 nitrogen and oxygen atoms in total. The van der Waals surface area contributed by atoms with Crippen LogP contribution in [0.15, 0.2) is 6.33 Å². The Morgan fingerprint density at radius 3 is 2.80 bits per heavy atom. The number of fused-ring (bicyclic) bond motifs is 1. The number of rotatable bonds is 7. The Bertz CT molecular complexity index is 948. The van der Waals surface area contributed by atoms with Crippen molar-refractivity contribution in [2.24, 2.45) is 5.92 Å². The summed E-state index contributed by atoms with van der Waals surface area (Å²) in [5, 5.41) is 14.0. The second-order valence-corrected chi connectivity index (χ2v) is 9.80. The molecule has 4 rings (SSSR count). The van der Waals surface area contributed by atoms with E-state index >= 15 is 0 Å². The number of anilines is 1. The summed E-state index contributed by atoms with van der Waals surface area (Å²) in [5.74, 6) is 0.231. The summed E-state index contributed by atoms with van der Waals surface area (Å²) < 4.78 is 23.6. The third kappa shape index (κ3) is 4.62. The first-order valence-corrected chi connectivity index (χ1v) is 12.0. The van der Waals surface area contributed by atoms with Crippen LogP contribution in [0.1, 0.15) is 38.8 Å². The maximum atomic E-state index is 11.0. The Labute approximate surface area is 177 Å². The normalized spacial score (nSPS) is 27.9. The van der Waals surface area contributed by atoms with E-state index in [1.54, 1.807) is 10.9 Å². The van der Waals surface area contributed by atoms with Crippen molar-refractivity contribution in [2.45, 2.75) is 57.1 Å². The molecule has 1 aliphatic heterocycles. The minimum atomic E-state index is -4.29. The van der Waals surface area contributed by atoms with Gasteiger partial charge in [-0.25, -0.2) is 4.98 Å². The zero-order valence-corrected chi connectivity index (χ0v) is 18.0. The van der Waals surface area contributed by atoms with Crippen molar-refractivity contribution in [3.63, 3.8) is 0 Å². The van der Waals surface area contributed by atoms with Crippen molar-refractivity contribution >= 4 is 36.2 Å². The largest absolute Gasteiger partial charge is 0.390 e. The van der Waals surface area contributed by atoms with Gasteiger partial charge >= 0.3 is 7.60 Å². The lowest BCUT2D eigenvalue weighted by Gasteiger charge is -2.18. The van der Waals surface area contributed by atoms with Gasteiger partial charge in [-0.1, -0.05) is 19.8 Å². The topological polar surface area (TPSA) is 152 Å². The van der Waals surface area contributed by atoms with E-state index < -0.39 is 32.4 Å². The maximum absolute atomic E-state index is 11.0. The summed E-state index contributed by atoms with van der Waals surface area (Å²) in [4.78, 5) is 30.9. The van der Waals surface area contributed by atoms with Crippen molar-refractivity contribution in [1.82, 2.24) is 19.5 Å². The predicted molar refractivity (Wildman–Crippen MR) is 108 cm³/mol. The van der Waals surface area contributed by atoms with Gasteiger partial charge in [-0.2, -0.15) is 9.97 Å². The molecule has 0 radical (unpaired) electrons. The highest BCUT2D eigenvalue weighted by atomic mass is 35.5. The van der Waals surface area contributed by atoms with Crippen LogP contribution in [0.3, 0.4) is 0 Å². The van der Waals surface area contributed by atoms with Crippen molar-refractivity contribution in [3.05, 3.63) is 11.6 Å². The molecule has 13 heteroatoms. The molecule has 2 fully saturated rings. The van der Waals surface area contributed by atoms with Gasteiger partial charge in [-0.15, -0.1) is 0 Å². The summed E-state index contributed by atoms with van der Waals surface area (Å²) in [7, 11) is -4.29. The second-order valence-electron chi connectivity index (χ2n) is 7.87. The van der Waals surface area contributed by atoms with Crippen LogP contribution < -0.4 is 5.32 Å². The molecule has 1 saturated heterocycles. The molecule has 4 N–H and O–H groups in total. The molecule has 2 aromatic rings. The first-order valence-electron chi connectivity index (χ1n) is 9.85. The number of aliphatic hydroxyl groups is 1. The Balaban J connectivity index is 1.55. The molecule has 0 bridgehead atoms. The first-order chi connectivity index (χ1) is 14.2. The average molecular weight is 462 g/mol. The van der Waals surface area contributed by atoms with E-state index in [9.17, 15) is 9.67 Å². The Morgan fingerprint density at radius 1 is 1.37 bits per heavy atom. The average Bonchev–Trinajstić information content (AvgIpc) is 3.37. The van der Waals surface area contributed by atoms with Crippen LogP contribution in [0, 0.1) is 5.92 Å². The number of aromatic nitrogens is 4. The van der Waals surface area contributed by atoms with Crippen molar-refractivity contribution in [3.8, 4) is 0 Å². The summed E-state index contributed by atoms with van der Waals surface area (Å²) in [6.45, 7) is 1.66. The minimum absolute atomic E-state index is 0.0810. The van der Waals surface area contributed by atoms with Gasteiger partial charge in [-0.3, -0.25) is 9.13 Å². The standard InChI is InChI=1S/C17H25ClN5O6P/c1-9-13(24)11(6-28-8-30(25,26)27)29-16(9)23-7-19-12-14(20-10-4-2-3-5-10)21-17(18)22-15(12)23/h7,9-11,13,16,24H,2-6,8H2,1H3,(H,20,21,22)(H2,25,26,27)/t9-,11+,13-,16?/m0/s1. The van der Waals surface area contributed by atoms with Gasteiger partial charge in [0.05, 0.1) is 19.0 Å². The quantitative estimate of drug-likeness (QED) is 0.355. The number of ether oxygens (including phenoxy) is 2. The molecule has 1 saturated carbocycles. The second kappa shape index (κ2) is 8.66. The van der Waals surface area contributed by atoms with E-state index in [2.05, 4.69) is 20.3 Å². The third-order valence-corrected chi connectivity index (χ3v) is 6.28. The van der Waals surface area contributed by atoms with Gasteiger partial charge in [-0.05, 0) is 24.4 Å². The van der Waals surface area contributed by atoms with Crippen LogP contribution in [-0.2, 0) is 14.0 Å². The number of imidazole rings is 1. The van der Waals surface area contributed by atoms with Crippen molar-refractivity contribution in [1.29, 1.82) is 0 Å². The fourth-order valence-electron chi connectivity index (χ4n) is 4.08. The molecule has 30 heavy (non-hydrogen) atoms. The minimum Gasteiger partial charge on any atom is -0.390 e. The fourth-order valence-corrected chi connectivity index (χ4v) is 4.58. The highest BCUT2D eigenvalue weighted by Crippen LogP contribution is 2.38. The van der Waals surface area contributed by atoms with Crippen LogP contribution >= 0.6 is 19.2 Å². The zero-order chi connectivity index (χ0) is 21.5. The van der Waals surface area contributed by atoms with Gasteiger partial charge < -0.3 is 29.7 Å². The zero-order valence-electron chi connectivity index (χ0n) is 16.4. The molecule has 3 heterocycles. The molecule has 2 aromatic heterocycles. The van der Waals surface area contributed by atoms with E-state index in [0.29, 0.717) is 23.0 Å². The van der Waals surface area contributed by atoms with E-state index in [1.165, 1.54) is 12.8 Å². The maximum Gasteiger partial charge on any atom is 0.350 e. The molecule has 0 spiro atoms. The van der Waals surface area contributed by atoms with Gasteiger partial charge in [0.2, 0.25) is 5.28 Å². The van der Waals surface area contributed by atoms with E-state index in [-0.39, 0.29) is 17.8 Å². The molecule has 2 aliphatic rings. The van der Waals surface area contributed by atoms with E-state index in [1.807, 2.05) is 6.92 Å². The number of nitrogens with zero attached hydrogens (tertiary/aromatic N) is 4. The SMILES string of the molecule is C[C@@H]1C(n2cnc3c(NC4CCCC4)nc(Cl)nc32)O[C@H](COCP(=O)(O)O)[C@H]1O. The number of hydrogen-bond acceptors (Lipinski definition) is 8. The smallest absolute Gasteiger partial charge is 0.350 e. The lowest BCUT2D eigenvalue weighted by Crippen LogP contribution is -2.29. The number of hydrogen-bond donors (Lipinski definition) is 4. The highest BCUT2D eigenvalue weighted by Gasteiger charge is 2.43. The molecular weight excluding hydrogens is 437 g/mol. The lowest BCUT2D eigenvalue weighted by molar-refractivity contribution is -0.0574. The van der Waals surface area contributed by atoms with Crippen LogP contribution in [0.25, 0.3) is 11.2 Å².